The lowest BCUT2D eigenvalue weighted by molar-refractivity contribution is 0.483. The Balaban J connectivity index is 1.07. The molecular formula is C78H87BN4O. The number of fused-ring (bicyclic) bond motifs is 3. The van der Waals surface area contributed by atoms with E-state index in [4.69, 9.17) is 9.72 Å². The summed E-state index contributed by atoms with van der Waals surface area (Å²) in [6, 6.07) is 68.2. The van der Waals surface area contributed by atoms with Crippen molar-refractivity contribution in [2.75, 3.05) is 21.4 Å². The summed E-state index contributed by atoms with van der Waals surface area (Å²) in [4.78, 5) is 12.5. The number of rotatable bonds is 8. The zero-order valence-electron chi connectivity index (χ0n) is 53.4. The van der Waals surface area contributed by atoms with Crippen molar-refractivity contribution < 1.29 is 4.74 Å². The molecule has 5 nitrogen and oxygen atoms in total. The van der Waals surface area contributed by atoms with Crippen LogP contribution in [-0.2, 0) is 32.5 Å². The summed E-state index contributed by atoms with van der Waals surface area (Å²) in [6.45, 7) is 42.6. The Morgan fingerprint density at radius 3 is 1.37 bits per heavy atom. The lowest BCUT2D eigenvalue weighted by Gasteiger charge is -2.37. The minimum Gasteiger partial charge on any atom is -0.457 e. The Hall–Kier alpha value is -7.83. The van der Waals surface area contributed by atoms with Crippen LogP contribution in [0.1, 0.15) is 158 Å². The molecule has 428 valence electrons. The number of aromatic nitrogens is 1. The molecule has 2 aliphatic rings. The molecular weight excluding hydrogens is 1020 g/mol. The number of hydrogen-bond acceptors (Lipinski definition) is 5. The van der Waals surface area contributed by atoms with Crippen LogP contribution in [-0.4, -0.2) is 18.4 Å². The highest BCUT2D eigenvalue weighted by atomic mass is 16.5. The molecule has 0 N–H and O–H groups in total. The Morgan fingerprint density at radius 1 is 0.369 bits per heavy atom. The molecule has 1 aromatic heterocycles. The summed E-state index contributed by atoms with van der Waals surface area (Å²) in [6.07, 6.45) is 1.95. The molecule has 2 aliphatic heterocycles. The van der Waals surface area contributed by atoms with Gasteiger partial charge in [-0.05, 0) is 149 Å². The van der Waals surface area contributed by atoms with Crippen molar-refractivity contribution in [3.8, 4) is 33.8 Å². The molecule has 0 radical (unpaired) electrons. The highest BCUT2D eigenvalue weighted by molar-refractivity contribution is 6.98. The maximum Gasteiger partial charge on any atom is 0.246 e. The van der Waals surface area contributed by atoms with E-state index in [0.717, 1.165) is 45.8 Å². The third-order valence-corrected chi connectivity index (χ3v) is 17.3. The van der Waals surface area contributed by atoms with Gasteiger partial charge >= 0.3 is 0 Å². The van der Waals surface area contributed by atoms with E-state index in [0.29, 0.717) is 6.67 Å². The van der Waals surface area contributed by atoms with Gasteiger partial charge in [-0.2, -0.15) is 0 Å². The van der Waals surface area contributed by atoms with Gasteiger partial charge in [0, 0.05) is 46.5 Å². The van der Waals surface area contributed by atoms with E-state index in [1.54, 1.807) is 0 Å². The van der Waals surface area contributed by atoms with Gasteiger partial charge in [0.15, 0.2) is 0 Å². The predicted molar refractivity (Wildman–Crippen MR) is 362 cm³/mol. The molecule has 0 bridgehead atoms. The number of benzene rings is 8. The monoisotopic (exact) mass is 1110 g/mol. The average Bonchev–Trinajstić information content (AvgIpc) is 1.18. The molecule has 0 saturated heterocycles. The van der Waals surface area contributed by atoms with Gasteiger partial charge in [-0.1, -0.05) is 239 Å². The van der Waals surface area contributed by atoms with E-state index in [1.165, 1.54) is 77.7 Å². The van der Waals surface area contributed by atoms with Crippen molar-refractivity contribution in [3.63, 3.8) is 0 Å². The van der Waals surface area contributed by atoms with E-state index >= 15 is 0 Å². The number of ether oxygens (including phenoxy) is 1. The van der Waals surface area contributed by atoms with E-state index in [9.17, 15) is 0 Å². The first kappa shape index (κ1) is 58.0. The number of para-hydroxylation sites is 3. The fourth-order valence-corrected chi connectivity index (χ4v) is 12.1. The van der Waals surface area contributed by atoms with Crippen LogP contribution < -0.4 is 35.8 Å². The molecule has 11 rings (SSSR count). The second-order valence-electron chi connectivity index (χ2n) is 30.0. The fourth-order valence-electron chi connectivity index (χ4n) is 12.1. The molecule has 0 saturated carbocycles. The first-order valence-corrected chi connectivity index (χ1v) is 30.4. The SMILES string of the molecule is CC(C)(C)c1cc(-c2cc(C(C)(C)C)cc(-c3cc(C(C)(C)C)cc(C(C)(C)C)c3)c2N2CN(c3cccc(Oc4ccc5c(c4)N(c4cc(C(C)(C)C)ccn4)c4ccccc4B5c4ccccc4)c3)c3ccccc32)cc(C(C)(C)C)c1. The molecule has 0 amide bonds. The van der Waals surface area contributed by atoms with Gasteiger partial charge in [0.1, 0.15) is 24.0 Å². The third kappa shape index (κ3) is 11.3. The van der Waals surface area contributed by atoms with Crippen molar-refractivity contribution in [2.24, 2.45) is 0 Å². The first-order valence-electron chi connectivity index (χ1n) is 30.4. The molecule has 3 heterocycles. The van der Waals surface area contributed by atoms with Crippen molar-refractivity contribution in [1.82, 2.24) is 4.98 Å². The number of nitrogens with zero attached hydrogens (tertiary/aromatic N) is 4. The first-order chi connectivity index (χ1) is 39.4. The van der Waals surface area contributed by atoms with E-state index < -0.39 is 0 Å². The molecule has 0 spiro atoms. The van der Waals surface area contributed by atoms with Gasteiger partial charge < -0.3 is 14.5 Å². The lowest BCUT2D eigenvalue weighted by Crippen LogP contribution is -2.57. The average molecular weight is 1110 g/mol. The minimum atomic E-state index is -0.140. The highest BCUT2D eigenvalue weighted by Gasteiger charge is 2.38. The zero-order valence-corrected chi connectivity index (χ0v) is 53.4. The summed E-state index contributed by atoms with van der Waals surface area (Å²) in [5, 5.41) is 0. The second-order valence-corrected chi connectivity index (χ2v) is 30.0. The van der Waals surface area contributed by atoms with E-state index in [1.807, 2.05) is 6.20 Å². The molecule has 0 atom stereocenters. The molecule has 6 heteroatoms. The van der Waals surface area contributed by atoms with Crippen LogP contribution >= 0.6 is 0 Å². The second kappa shape index (κ2) is 21.0. The maximum atomic E-state index is 7.10. The fraction of sp³-hybridized carbons (Fsp3) is 0.321. The minimum absolute atomic E-state index is 0.0200. The van der Waals surface area contributed by atoms with Crippen LogP contribution in [0.3, 0.4) is 0 Å². The predicted octanol–water partition coefficient (Wildman–Crippen LogP) is 19.5. The Morgan fingerprint density at radius 2 is 0.833 bits per heavy atom. The van der Waals surface area contributed by atoms with Gasteiger partial charge in [0.05, 0.1) is 17.1 Å². The third-order valence-electron chi connectivity index (χ3n) is 17.3. The van der Waals surface area contributed by atoms with Crippen LogP contribution in [0, 0.1) is 0 Å². The Bertz CT molecular complexity index is 3780. The Labute approximate surface area is 503 Å². The molecule has 8 aromatic carbocycles. The van der Waals surface area contributed by atoms with Crippen molar-refractivity contribution in [2.45, 2.75) is 157 Å². The number of hydrogen-bond donors (Lipinski definition) is 0. The molecule has 0 unspecified atom stereocenters. The maximum absolute atomic E-state index is 7.10. The van der Waals surface area contributed by atoms with Gasteiger partial charge in [-0.25, -0.2) is 4.98 Å². The van der Waals surface area contributed by atoms with Crippen LogP contribution in [0.15, 0.2) is 188 Å². The molecule has 0 fully saturated rings. The van der Waals surface area contributed by atoms with Crippen molar-refractivity contribution >= 4 is 63.0 Å². The van der Waals surface area contributed by atoms with Crippen LogP contribution in [0.5, 0.6) is 11.5 Å². The number of pyridine rings is 1. The van der Waals surface area contributed by atoms with Gasteiger partial charge in [0.2, 0.25) is 6.71 Å². The number of anilines is 7. The van der Waals surface area contributed by atoms with Gasteiger partial charge in [0.25, 0.3) is 0 Å². The summed E-state index contributed by atoms with van der Waals surface area (Å²) in [7, 11) is 0. The topological polar surface area (TPSA) is 31.8 Å². The van der Waals surface area contributed by atoms with Crippen LogP contribution in [0.2, 0.25) is 0 Å². The summed E-state index contributed by atoms with van der Waals surface area (Å²) in [5.74, 6) is 2.40. The van der Waals surface area contributed by atoms with Gasteiger partial charge in [-0.15, -0.1) is 0 Å². The molecule has 84 heavy (non-hydrogen) atoms. The standard InChI is InChI=1S/C78H87BN4O/c1-73(2,3)53-37-38-80-71(47-53)83-67-32-23-22-31-65(67)79(59-27-20-19-21-28-59)66-36-35-62(49-70(66)83)84-61-30-26-29-60(48-61)81-50-82(69-34-25-24-33-68(69)81)72-63(51-39-54(74(4,5)6)43-55(40-51)75(7,8)9)45-58(78(16,17)18)46-64(72)52-41-56(76(10,11)12)44-57(42-52)77(13,14)15/h19-49H,50H2,1-18H3. The largest absolute Gasteiger partial charge is 0.457 e. The highest BCUT2D eigenvalue weighted by Crippen LogP contribution is 2.53. The quantitative estimate of drug-likeness (QED) is 0.142. The van der Waals surface area contributed by atoms with E-state index in [2.05, 4.69) is 321 Å². The van der Waals surface area contributed by atoms with Crippen LogP contribution in [0.4, 0.5) is 39.9 Å². The Kier molecular flexibility index (Phi) is 14.5. The van der Waals surface area contributed by atoms with Crippen molar-refractivity contribution in [1.29, 1.82) is 0 Å². The normalized spacial score (nSPS) is 13.9. The van der Waals surface area contributed by atoms with Crippen molar-refractivity contribution in [3.05, 3.63) is 222 Å². The van der Waals surface area contributed by atoms with E-state index in [-0.39, 0.29) is 39.2 Å². The lowest BCUT2D eigenvalue weighted by atomic mass is 9.35. The zero-order chi connectivity index (χ0) is 60.1. The summed E-state index contributed by atoms with van der Waals surface area (Å²) >= 11 is 0. The van der Waals surface area contributed by atoms with Gasteiger partial charge in [-0.3, -0.25) is 4.90 Å². The molecule has 0 aliphatic carbocycles. The summed E-state index contributed by atoms with van der Waals surface area (Å²) < 4.78 is 7.10. The molecule has 9 aromatic rings. The summed E-state index contributed by atoms with van der Waals surface area (Å²) in [5.41, 5.74) is 22.7. The smallest absolute Gasteiger partial charge is 0.246 e. The van der Waals surface area contributed by atoms with Crippen LogP contribution in [0.25, 0.3) is 22.3 Å².